The van der Waals surface area contributed by atoms with E-state index in [1.165, 1.54) is 17.7 Å². The molecule has 2 rings (SSSR count). The van der Waals surface area contributed by atoms with E-state index in [0.29, 0.717) is 0 Å². The number of nitrogens with zero attached hydrogens (tertiary/aromatic N) is 1. The minimum absolute atomic E-state index is 0.136. The third-order valence-electron chi connectivity index (χ3n) is 3.93. The van der Waals surface area contributed by atoms with Gasteiger partial charge in [-0.05, 0) is 45.4 Å². The number of thiazole rings is 1. The van der Waals surface area contributed by atoms with E-state index in [4.69, 9.17) is 0 Å². The van der Waals surface area contributed by atoms with Gasteiger partial charge < -0.3 is 10.4 Å². The monoisotopic (exact) mass is 254 g/mol. The molecule has 0 aliphatic heterocycles. The van der Waals surface area contributed by atoms with Crippen LogP contribution in [-0.4, -0.2) is 22.2 Å². The number of hydrogen-bond acceptors (Lipinski definition) is 4. The van der Waals surface area contributed by atoms with Crippen LogP contribution in [0.15, 0.2) is 0 Å². The van der Waals surface area contributed by atoms with Gasteiger partial charge in [-0.3, -0.25) is 0 Å². The van der Waals surface area contributed by atoms with Gasteiger partial charge in [0.25, 0.3) is 0 Å². The molecule has 2 N–H and O–H groups in total. The third kappa shape index (κ3) is 2.80. The van der Waals surface area contributed by atoms with Gasteiger partial charge in [-0.15, -0.1) is 11.3 Å². The van der Waals surface area contributed by atoms with Gasteiger partial charge >= 0.3 is 0 Å². The highest BCUT2D eigenvalue weighted by Gasteiger charge is 2.34. The Bertz CT molecular complexity index is 361. The van der Waals surface area contributed by atoms with Crippen molar-refractivity contribution in [3.8, 4) is 0 Å². The van der Waals surface area contributed by atoms with Crippen molar-refractivity contribution in [1.29, 1.82) is 0 Å². The Labute approximate surface area is 107 Å². The van der Waals surface area contributed by atoms with Crippen LogP contribution in [-0.2, 0) is 0 Å². The summed E-state index contributed by atoms with van der Waals surface area (Å²) >= 11 is 1.69. The second kappa shape index (κ2) is 4.94. The van der Waals surface area contributed by atoms with Gasteiger partial charge in [0.2, 0.25) is 0 Å². The summed E-state index contributed by atoms with van der Waals surface area (Å²) in [7, 11) is 0. The summed E-state index contributed by atoms with van der Waals surface area (Å²) in [6, 6.07) is 0. The quantitative estimate of drug-likeness (QED) is 0.871. The van der Waals surface area contributed by atoms with Crippen LogP contribution in [0.1, 0.15) is 43.2 Å². The molecule has 0 aromatic carbocycles. The molecule has 1 fully saturated rings. The summed E-state index contributed by atoms with van der Waals surface area (Å²) < 4.78 is 0. The summed E-state index contributed by atoms with van der Waals surface area (Å²) in [6.07, 6.45) is 4.47. The SMILES string of the molecule is Cc1nc(NC2(CO)CCC(C)CC2)sc1C. The van der Waals surface area contributed by atoms with Crippen LogP contribution in [0.5, 0.6) is 0 Å². The number of aryl methyl sites for hydroxylation is 2. The minimum Gasteiger partial charge on any atom is -0.394 e. The summed E-state index contributed by atoms with van der Waals surface area (Å²) in [6.45, 7) is 6.62. The Balaban J connectivity index is 2.09. The first-order valence-corrected chi connectivity index (χ1v) is 7.19. The molecule has 17 heavy (non-hydrogen) atoms. The predicted octanol–water partition coefficient (Wildman–Crippen LogP) is 3.11. The molecule has 1 saturated carbocycles. The number of aromatic nitrogens is 1. The van der Waals surface area contributed by atoms with Crippen molar-refractivity contribution in [1.82, 2.24) is 4.98 Å². The van der Waals surface area contributed by atoms with Gasteiger partial charge in [0, 0.05) is 4.88 Å². The van der Waals surface area contributed by atoms with Crippen LogP contribution in [0.4, 0.5) is 5.13 Å². The smallest absolute Gasteiger partial charge is 0.183 e. The molecule has 1 aliphatic carbocycles. The van der Waals surface area contributed by atoms with Crippen molar-refractivity contribution < 1.29 is 5.11 Å². The van der Waals surface area contributed by atoms with E-state index in [-0.39, 0.29) is 12.1 Å². The number of anilines is 1. The molecule has 96 valence electrons. The largest absolute Gasteiger partial charge is 0.394 e. The Morgan fingerprint density at radius 3 is 2.53 bits per heavy atom. The van der Waals surface area contributed by atoms with E-state index in [1.54, 1.807) is 11.3 Å². The van der Waals surface area contributed by atoms with E-state index >= 15 is 0 Å². The molecular weight excluding hydrogens is 232 g/mol. The molecule has 0 saturated heterocycles. The fourth-order valence-electron chi connectivity index (χ4n) is 2.39. The first-order chi connectivity index (χ1) is 8.04. The van der Waals surface area contributed by atoms with E-state index < -0.39 is 0 Å². The molecule has 0 spiro atoms. The minimum atomic E-state index is -0.136. The maximum absolute atomic E-state index is 9.68. The summed E-state index contributed by atoms with van der Waals surface area (Å²) in [5.74, 6) is 0.788. The molecule has 4 heteroatoms. The van der Waals surface area contributed by atoms with Crippen LogP contribution < -0.4 is 5.32 Å². The van der Waals surface area contributed by atoms with Crippen LogP contribution in [0.2, 0.25) is 0 Å². The van der Waals surface area contributed by atoms with Gasteiger partial charge in [0.05, 0.1) is 17.8 Å². The van der Waals surface area contributed by atoms with E-state index in [2.05, 4.69) is 24.1 Å². The topological polar surface area (TPSA) is 45.2 Å². The van der Waals surface area contributed by atoms with Crippen molar-refractivity contribution in [2.75, 3.05) is 11.9 Å². The second-order valence-corrected chi connectivity index (χ2v) is 6.61. The molecule has 0 atom stereocenters. The highest BCUT2D eigenvalue weighted by atomic mass is 32.1. The van der Waals surface area contributed by atoms with Gasteiger partial charge in [0.15, 0.2) is 5.13 Å². The van der Waals surface area contributed by atoms with Crippen LogP contribution in [0, 0.1) is 19.8 Å². The van der Waals surface area contributed by atoms with Gasteiger partial charge in [-0.2, -0.15) is 0 Å². The lowest BCUT2D eigenvalue weighted by molar-refractivity contribution is 0.155. The fourth-order valence-corrected chi connectivity index (χ4v) is 3.32. The van der Waals surface area contributed by atoms with Gasteiger partial charge in [0.1, 0.15) is 0 Å². The van der Waals surface area contributed by atoms with Crippen LogP contribution in [0.25, 0.3) is 0 Å². The second-order valence-electron chi connectivity index (χ2n) is 5.41. The Morgan fingerprint density at radius 1 is 1.41 bits per heavy atom. The normalized spacial score (nSPS) is 29.3. The highest BCUT2D eigenvalue weighted by Crippen LogP contribution is 2.35. The summed E-state index contributed by atoms with van der Waals surface area (Å²) in [5, 5.41) is 14.1. The zero-order valence-corrected chi connectivity index (χ0v) is 11.7. The maximum atomic E-state index is 9.68. The Morgan fingerprint density at radius 2 is 2.06 bits per heavy atom. The number of aliphatic hydroxyl groups is 1. The lowest BCUT2D eigenvalue weighted by Crippen LogP contribution is -2.45. The standard InChI is InChI=1S/C13H22N2OS/c1-9-4-6-13(8-16,7-5-9)15-12-14-10(2)11(3)17-12/h9,16H,4-8H2,1-3H3,(H,14,15). The average molecular weight is 254 g/mol. The highest BCUT2D eigenvalue weighted by molar-refractivity contribution is 7.15. The molecule has 1 aromatic heterocycles. The molecule has 1 aliphatic rings. The van der Waals surface area contributed by atoms with Crippen molar-refractivity contribution in [3.63, 3.8) is 0 Å². The van der Waals surface area contributed by atoms with Crippen LogP contribution in [0.3, 0.4) is 0 Å². The van der Waals surface area contributed by atoms with Crippen molar-refractivity contribution in [2.24, 2.45) is 5.92 Å². The summed E-state index contributed by atoms with van der Waals surface area (Å²) in [4.78, 5) is 5.77. The average Bonchev–Trinajstić information content (AvgIpc) is 2.62. The number of nitrogens with one attached hydrogen (secondary N) is 1. The van der Waals surface area contributed by atoms with Gasteiger partial charge in [-0.1, -0.05) is 6.92 Å². The molecule has 3 nitrogen and oxygen atoms in total. The number of rotatable bonds is 3. The number of aliphatic hydroxyl groups excluding tert-OH is 1. The van der Waals surface area contributed by atoms with Gasteiger partial charge in [-0.25, -0.2) is 4.98 Å². The van der Waals surface area contributed by atoms with E-state index in [9.17, 15) is 5.11 Å². The molecule has 0 bridgehead atoms. The lowest BCUT2D eigenvalue weighted by atomic mass is 9.78. The Kier molecular flexibility index (Phi) is 3.73. The molecule has 0 radical (unpaired) electrons. The van der Waals surface area contributed by atoms with E-state index in [1.807, 2.05) is 6.92 Å². The first-order valence-electron chi connectivity index (χ1n) is 6.38. The molecule has 1 heterocycles. The summed E-state index contributed by atoms with van der Waals surface area (Å²) in [5.41, 5.74) is 0.957. The number of hydrogen-bond donors (Lipinski definition) is 2. The molecular formula is C13H22N2OS. The fraction of sp³-hybridized carbons (Fsp3) is 0.769. The van der Waals surface area contributed by atoms with E-state index in [0.717, 1.165) is 29.6 Å². The predicted molar refractivity (Wildman–Crippen MR) is 72.7 cm³/mol. The van der Waals surface area contributed by atoms with Crippen LogP contribution >= 0.6 is 11.3 Å². The van der Waals surface area contributed by atoms with Crippen molar-refractivity contribution >= 4 is 16.5 Å². The zero-order valence-electron chi connectivity index (χ0n) is 10.9. The molecule has 1 aromatic rings. The van der Waals surface area contributed by atoms with Crippen molar-refractivity contribution in [2.45, 2.75) is 52.0 Å². The van der Waals surface area contributed by atoms with Crippen molar-refractivity contribution in [3.05, 3.63) is 10.6 Å². The lowest BCUT2D eigenvalue weighted by Gasteiger charge is -2.38. The maximum Gasteiger partial charge on any atom is 0.183 e. The Hall–Kier alpha value is -0.610. The molecule has 0 amide bonds. The third-order valence-corrected chi connectivity index (χ3v) is 4.92. The first kappa shape index (κ1) is 12.8. The zero-order chi connectivity index (χ0) is 12.5. The molecule has 0 unspecified atom stereocenters.